The predicted octanol–water partition coefficient (Wildman–Crippen LogP) is 3.23. The van der Waals surface area contributed by atoms with Crippen LogP contribution in [0.2, 0.25) is 0 Å². The van der Waals surface area contributed by atoms with Crippen molar-refractivity contribution in [3.05, 3.63) is 29.3 Å². The van der Waals surface area contributed by atoms with Crippen LogP contribution >= 0.6 is 0 Å². The summed E-state index contributed by atoms with van der Waals surface area (Å²) in [6, 6.07) is 5.93. The van der Waals surface area contributed by atoms with E-state index in [9.17, 15) is 5.11 Å². The molecule has 1 aliphatic carbocycles. The number of para-hydroxylation sites is 1. The van der Waals surface area contributed by atoms with Crippen molar-refractivity contribution in [2.75, 3.05) is 6.54 Å². The van der Waals surface area contributed by atoms with Crippen molar-refractivity contribution in [2.45, 2.75) is 40.2 Å². The maximum atomic E-state index is 9.91. The Morgan fingerprint density at radius 3 is 2.65 bits per heavy atom. The van der Waals surface area contributed by atoms with Gasteiger partial charge in [-0.1, -0.05) is 32.0 Å². The molecule has 2 heteroatoms. The highest BCUT2D eigenvalue weighted by Crippen LogP contribution is 2.51. The highest BCUT2D eigenvalue weighted by atomic mass is 16.3. The van der Waals surface area contributed by atoms with Crippen LogP contribution in [0.5, 0.6) is 5.75 Å². The average molecular weight is 233 g/mol. The van der Waals surface area contributed by atoms with Gasteiger partial charge in [0.2, 0.25) is 0 Å². The molecule has 0 heterocycles. The van der Waals surface area contributed by atoms with Gasteiger partial charge in [-0.3, -0.25) is 0 Å². The number of benzene rings is 1. The molecule has 1 saturated carbocycles. The minimum atomic E-state index is 0.439. The largest absolute Gasteiger partial charge is 0.507 e. The van der Waals surface area contributed by atoms with Gasteiger partial charge >= 0.3 is 0 Å². The van der Waals surface area contributed by atoms with Crippen LogP contribution in [0.1, 0.15) is 37.8 Å². The molecule has 0 radical (unpaired) electrons. The van der Waals surface area contributed by atoms with Gasteiger partial charge < -0.3 is 10.4 Å². The van der Waals surface area contributed by atoms with E-state index < -0.39 is 0 Å². The topological polar surface area (TPSA) is 32.3 Å². The fourth-order valence-electron chi connectivity index (χ4n) is 2.43. The molecular formula is C15H23NO. The van der Waals surface area contributed by atoms with Crippen LogP contribution < -0.4 is 5.32 Å². The second-order valence-electron chi connectivity index (χ2n) is 5.70. The molecule has 2 rings (SSSR count). The van der Waals surface area contributed by atoms with Gasteiger partial charge in [-0.05, 0) is 36.7 Å². The third-order valence-electron chi connectivity index (χ3n) is 4.23. The van der Waals surface area contributed by atoms with E-state index in [4.69, 9.17) is 0 Å². The molecule has 0 unspecified atom stereocenters. The van der Waals surface area contributed by atoms with Crippen LogP contribution in [-0.4, -0.2) is 11.7 Å². The van der Waals surface area contributed by atoms with Crippen molar-refractivity contribution in [3.63, 3.8) is 0 Å². The van der Waals surface area contributed by atoms with Gasteiger partial charge in [0.05, 0.1) is 0 Å². The number of nitrogens with one attached hydrogen (secondary N) is 1. The van der Waals surface area contributed by atoms with Crippen LogP contribution in [0.25, 0.3) is 0 Å². The van der Waals surface area contributed by atoms with Crippen molar-refractivity contribution in [1.82, 2.24) is 5.32 Å². The fourth-order valence-corrected chi connectivity index (χ4v) is 2.43. The zero-order valence-corrected chi connectivity index (χ0v) is 11.1. The van der Waals surface area contributed by atoms with Gasteiger partial charge in [0.1, 0.15) is 5.75 Å². The Hall–Kier alpha value is -1.02. The lowest BCUT2D eigenvalue weighted by Gasteiger charge is -2.20. The first-order valence-electron chi connectivity index (χ1n) is 6.53. The first kappa shape index (κ1) is 12.4. The molecule has 0 saturated heterocycles. The molecule has 1 aromatic carbocycles. The first-order valence-corrected chi connectivity index (χ1v) is 6.53. The Morgan fingerprint density at radius 2 is 2.06 bits per heavy atom. The van der Waals surface area contributed by atoms with E-state index in [2.05, 4.69) is 19.2 Å². The quantitative estimate of drug-likeness (QED) is 0.818. The normalized spacial score (nSPS) is 17.4. The molecule has 0 aromatic heterocycles. The van der Waals surface area contributed by atoms with E-state index >= 15 is 0 Å². The van der Waals surface area contributed by atoms with Crippen LogP contribution in [0, 0.1) is 18.3 Å². The molecule has 0 atom stereocenters. The van der Waals surface area contributed by atoms with Gasteiger partial charge in [-0.25, -0.2) is 0 Å². The minimum Gasteiger partial charge on any atom is -0.507 e. The summed E-state index contributed by atoms with van der Waals surface area (Å²) in [6.07, 6.45) is 2.69. The molecule has 0 spiro atoms. The van der Waals surface area contributed by atoms with Crippen molar-refractivity contribution in [2.24, 2.45) is 11.3 Å². The first-order chi connectivity index (χ1) is 8.05. The maximum absolute atomic E-state index is 9.91. The van der Waals surface area contributed by atoms with E-state index in [1.165, 1.54) is 12.8 Å². The van der Waals surface area contributed by atoms with E-state index in [1.807, 2.05) is 25.1 Å². The van der Waals surface area contributed by atoms with E-state index in [-0.39, 0.29) is 0 Å². The summed E-state index contributed by atoms with van der Waals surface area (Å²) in [6.45, 7) is 8.38. The van der Waals surface area contributed by atoms with E-state index in [0.29, 0.717) is 11.2 Å². The lowest BCUT2D eigenvalue weighted by atomic mass is 9.92. The van der Waals surface area contributed by atoms with Gasteiger partial charge in [0, 0.05) is 18.7 Å². The van der Waals surface area contributed by atoms with Crippen molar-refractivity contribution in [1.29, 1.82) is 0 Å². The third kappa shape index (κ3) is 2.63. The zero-order valence-electron chi connectivity index (χ0n) is 11.1. The second kappa shape index (κ2) is 4.69. The summed E-state index contributed by atoms with van der Waals surface area (Å²) < 4.78 is 0. The molecule has 0 bridgehead atoms. The zero-order chi connectivity index (χ0) is 12.5. The molecule has 0 amide bonds. The van der Waals surface area contributed by atoms with Gasteiger partial charge in [0.25, 0.3) is 0 Å². The standard InChI is InChI=1S/C15H23NO/c1-11(2)15(7-8-15)10-16-9-13-6-4-5-12(3)14(13)17/h4-6,11,16-17H,7-10H2,1-3H3. The molecule has 2 nitrogen and oxygen atoms in total. The summed E-state index contributed by atoms with van der Waals surface area (Å²) in [5.41, 5.74) is 2.48. The summed E-state index contributed by atoms with van der Waals surface area (Å²) in [7, 11) is 0. The lowest BCUT2D eigenvalue weighted by Crippen LogP contribution is -2.27. The predicted molar refractivity (Wildman–Crippen MR) is 71.1 cm³/mol. The third-order valence-corrected chi connectivity index (χ3v) is 4.23. The molecule has 1 aromatic rings. The molecule has 2 N–H and O–H groups in total. The molecule has 94 valence electrons. The number of rotatable bonds is 5. The number of aromatic hydroxyl groups is 1. The fraction of sp³-hybridized carbons (Fsp3) is 0.600. The monoisotopic (exact) mass is 233 g/mol. The maximum Gasteiger partial charge on any atom is 0.122 e. The van der Waals surface area contributed by atoms with E-state index in [0.717, 1.165) is 30.1 Å². The molecular weight excluding hydrogens is 210 g/mol. The Kier molecular flexibility index (Phi) is 3.43. The van der Waals surface area contributed by atoms with Crippen molar-refractivity contribution in [3.8, 4) is 5.75 Å². The average Bonchev–Trinajstić information content (AvgIpc) is 3.05. The Morgan fingerprint density at radius 1 is 1.35 bits per heavy atom. The summed E-state index contributed by atoms with van der Waals surface area (Å²) in [4.78, 5) is 0. The van der Waals surface area contributed by atoms with E-state index in [1.54, 1.807) is 0 Å². The summed E-state index contributed by atoms with van der Waals surface area (Å²) in [5, 5.41) is 13.4. The summed E-state index contributed by atoms with van der Waals surface area (Å²) >= 11 is 0. The smallest absolute Gasteiger partial charge is 0.122 e. The Labute approximate surface area is 104 Å². The Balaban J connectivity index is 1.89. The second-order valence-corrected chi connectivity index (χ2v) is 5.70. The Bertz CT molecular complexity index is 394. The summed E-state index contributed by atoms with van der Waals surface area (Å²) in [5.74, 6) is 1.19. The lowest BCUT2D eigenvalue weighted by molar-refractivity contribution is 0.336. The van der Waals surface area contributed by atoms with Gasteiger partial charge in [-0.15, -0.1) is 0 Å². The number of hydrogen-bond acceptors (Lipinski definition) is 2. The van der Waals surface area contributed by atoms with Crippen molar-refractivity contribution < 1.29 is 5.11 Å². The number of phenols is 1. The SMILES string of the molecule is Cc1cccc(CNCC2(C(C)C)CC2)c1O. The van der Waals surface area contributed by atoms with Crippen LogP contribution in [0.3, 0.4) is 0 Å². The number of aryl methyl sites for hydroxylation is 1. The van der Waals surface area contributed by atoms with Crippen LogP contribution in [0.4, 0.5) is 0 Å². The minimum absolute atomic E-state index is 0.439. The highest BCUT2D eigenvalue weighted by Gasteiger charge is 2.44. The molecule has 0 aliphatic heterocycles. The molecule has 1 fully saturated rings. The van der Waals surface area contributed by atoms with Crippen LogP contribution in [0.15, 0.2) is 18.2 Å². The highest BCUT2D eigenvalue weighted by molar-refractivity contribution is 5.39. The molecule has 17 heavy (non-hydrogen) atoms. The molecule has 1 aliphatic rings. The van der Waals surface area contributed by atoms with Crippen LogP contribution in [-0.2, 0) is 6.54 Å². The number of hydrogen-bond donors (Lipinski definition) is 2. The number of phenolic OH excluding ortho intramolecular Hbond substituents is 1. The van der Waals surface area contributed by atoms with Gasteiger partial charge in [-0.2, -0.15) is 0 Å². The van der Waals surface area contributed by atoms with Crippen molar-refractivity contribution >= 4 is 0 Å². The van der Waals surface area contributed by atoms with Gasteiger partial charge in [0.15, 0.2) is 0 Å².